The topological polar surface area (TPSA) is 68.0 Å². The molecule has 1 atom stereocenters. The van der Waals surface area contributed by atoms with E-state index in [9.17, 15) is 4.79 Å². The highest BCUT2D eigenvalue weighted by atomic mass is 35.5. The van der Waals surface area contributed by atoms with Gasteiger partial charge in [-0.3, -0.25) is 9.69 Å². The molecule has 1 unspecified atom stereocenters. The zero-order valence-corrected chi connectivity index (χ0v) is 16.6. The van der Waals surface area contributed by atoms with Gasteiger partial charge in [-0.1, -0.05) is 0 Å². The Hall–Kier alpha value is -0.110. The predicted molar refractivity (Wildman–Crippen MR) is 103 cm³/mol. The van der Waals surface area contributed by atoms with E-state index in [2.05, 4.69) is 4.90 Å². The molecular formula is C17H33Cl2N3O3. The molecule has 0 aliphatic carbocycles. The van der Waals surface area contributed by atoms with Crippen LogP contribution in [0.25, 0.3) is 0 Å². The van der Waals surface area contributed by atoms with Crippen molar-refractivity contribution in [1.29, 1.82) is 0 Å². The van der Waals surface area contributed by atoms with E-state index in [1.54, 1.807) is 0 Å². The van der Waals surface area contributed by atoms with Gasteiger partial charge in [-0.15, -0.1) is 24.8 Å². The van der Waals surface area contributed by atoms with E-state index in [0.29, 0.717) is 0 Å². The fourth-order valence-corrected chi connectivity index (χ4v) is 3.93. The Kier molecular flexibility index (Phi) is 10.6. The Bertz CT molecular complexity index is 383. The van der Waals surface area contributed by atoms with E-state index in [4.69, 9.17) is 15.2 Å². The summed E-state index contributed by atoms with van der Waals surface area (Å²) in [5.74, 6) is 1.19. The molecule has 3 aliphatic rings. The number of halogens is 2. The van der Waals surface area contributed by atoms with Crippen molar-refractivity contribution in [1.82, 2.24) is 9.80 Å². The van der Waals surface area contributed by atoms with Crippen LogP contribution in [0.15, 0.2) is 0 Å². The van der Waals surface area contributed by atoms with Crippen molar-refractivity contribution in [3.05, 3.63) is 0 Å². The van der Waals surface area contributed by atoms with Gasteiger partial charge in [-0.25, -0.2) is 0 Å². The van der Waals surface area contributed by atoms with Crippen LogP contribution in [-0.4, -0.2) is 80.9 Å². The molecule has 0 radical (unpaired) electrons. The van der Waals surface area contributed by atoms with Gasteiger partial charge in [0, 0.05) is 59.2 Å². The molecule has 0 saturated carbocycles. The highest BCUT2D eigenvalue weighted by Crippen LogP contribution is 2.20. The lowest BCUT2D eigenvalue weighted by atomic mass is 9.91. The molecule has 3 saturated heterocycles. The number of hydrogen-bond donors (Lipinski definition) is 1. The molecule has 6 nitrogen and oxygen atoms in total. The molecule has 1 amide bonds. The molecule has 0 aromatic carbocycles. The molecule has 0 aromatic rings. The smallest absolute Gasteiger partial charge is 0.239 e. The Labute approximate surface area is 163 Å². The van der Waals surface area contributed by atoms with Gasteiger partial charge in [0.15, 0.2) is 0 Å². The van der Waals surface area contributed by atoms with Crippen molar-refractivity contribution in [2.24, 2.45) is 17.6 Å². The maximum absolute atomic E-state index is 12.6. The fourth-order valence-electron chi connectivity index (χ4n) is 3.93. The maximum atomic E-state index is 12.6. The van der Waals surface area contributed by atoms with Crippen LogP contribution < -0.4 is 5.73 Å². The summed E-state index contributed by atoms with van der Waals surface area (Å²) in [4.78, 5) is 17.1. The third kappa shape index (κ3) is 6.52. The minimum Gasteiger partial charge on any atom is -0.381 e. The lowest BCUT2D eigenvalue weighted by Gasteiger charge is -2.39. The van der Waals surface area contributed by atoms with Gasteiger partial charge in [0.2, 0.25) is 5.91 Å². The summed E-state index contributed by atoms with van der Waals surface area (Å²) in [6.45, 7) is 8.03. The largest absolute Gasteiger partial charge is 0.381 e. The predicted octanol–water partition coefficient (Wildman–Crippen LogP) is 1.15. The van der Waals surface area contributed by atoms with Crippen LogP contribution in [-0.2, 0) is 14.3 Å². The number of carbonyl (C=O) groups excluding carboxylic acids is 1. The molecule has 0 bridgehead atoms. The van der Waals surface area contributed by atoms with E-state index in [1.165, 1.54) is 12.8 Å². The summed E-state index contributed by atoms with van der Waals surface area (Å²) in [5, 5.41) is 0. The number of piperazine rings is 1. The Balaban J connectivity index is 0.00000156. The van der Waals surface area contributed by atoms with E-state index >= 15 is 0 Å². The zero-order valence-electron chi connectivity index (χ0n) is 14.9. The highest BCUT2D eigenvalue weighted by Gasteiger charge is 2.31. The number of hydrogen-bond acceptors (Lipinski definition) is 5. The second-order valence-corrected chi connectivity index (χ2v) is 7.16. The Morgan fingerprint density at radius 2 is 1.44 bits per heavy atom. The van der Waals surface area contributed by atoms with Crippen LogP contribution in [0.1, 0.15) is 25.7 Å². The van der Waals surface area contributed by atoms with Crippen molar-refractivity contribution >= 4 is 30.7 Å². The molecular weight excluding hydrogens is 365 g/mol. The van der Waals surface area contributed by atoms with Gasteiger partial charge in [0.1, 0.15) is 0 Å². The van der Waals surface area contributed by atoms with Gasteiger partial charge in [-0.2, -0.15) is 0 Å². The van der Waals surface area contributed by atoms with Crippen LogP contribution in [0.2, 0.25) is 0 Å². The van der Waals surface area contributed by atoms with E-state index in [0.717, 1.165) is 77.9 Å². The third-order valence-electron chi connectivity index (χ3n) is 5.60. The molecule has 0 spiro atoms. The second kappa shape index (κ2) is 11.6. The van der Waals surface area contributed by atoms with E-state index < -0.39 is 0 Å². The molecule has 8 heteroatoms. The highest BCUT2D eigenvalue weighted by molar-refractivity contribution is 5.85. The van der Waals surface area contributed by atoms with E-state index in [1.807, 2.05) is 4.90 Å². The summed E-state index contributed by atoms with van der Waals surface area (Å²) < 4.78 is 10.8. The quantitative estimate of drug-likeness (QED) is 0.770. The Morgan fingerprint density at radius 3 is 2.00 bits per heavy atom. The van der Waals surface area contributed by atoms with Crippen molar-refractivity contribution in [3.8, 4) is 0 Å². The fraction of sp³-hybridized carbons (Fsp3) is 0.941. The number of ether oxygens (including phenoxy) is 2. The zero-order chi connectivity index (χ0) is 16.1. The number of carbonyl (C=O) groups is 1. The van der Waals surface area contributed by atoms with E-state index in [-0.39, 0.29) is 42.7 Å². The number of rotatable bonds is 4. The summed E-state index contributed by atoms with van der Waals surface area (Å²) >= 11 is 0. The molecule has 3 fully saturated rings. The van der Waals surface area contributed by atoms with Crippen LogP contribution in [0.4, 0.5) is 0 Å². The first-order valence-corrected chi connectivity index (χ1v) is 9.16. The summed E-state index contributed by atoms with van der Waals surface area (Å²) in [5.41, 5.74) is 6.23. The summed E-state index contributed by atoms with van der Waals surface area (Å²) in [6.07, 6.45) is 4.18. The first kappa shape index (κ1) is 22.9. The minimum absolute atomic E-state index is 0. The van der Waals surface area contributed by atoms with Crippen molar-refractivity contribution in [2.45, 2.75) is 31.7 Å². The monoisotopic (exact) mass is 397 g/mol. The second-order valence-electron chi connectivity index (χ2n) is 7.16. The summed E-state index contributed by atoms with van der Waals surface area (Å²) in [6, 6.07) is -0.346. The van der Waals surface area contributed by atoms with Gasteiger partial charge in [0.25, 0.3) is 0 Å². The van der Waals surface area contributed by atoms with Crippen LogP contribution in [0, 0.1) is 11.8 Å². The molecule has 3 rings (SSSR count). The van der Waals surface area contributed by atoms with Gasteiger partial charge >= 0.3 is 0 Å². The van der Waals surface area contributed by atoms with Crippen LogP contribution >= 0.6 is 24.8 Å². The molecule has 3 aliphatic heterocycles. The number of nitrogens with two attached hydrogens (primary N) is 1. The van der Waals surface area contributed by atoms with Crippen LogP contribution in [0.5, 0.6) is 0 Å². The van der Waals surface area contributed by atoms with Crippen LogP contribution in [0.3, 0.4) is 0 Å². The minimum atomic E-state index is -0.346. The average Bonchev–Trinajstić information content (AvgIpc) is 2.63. The van der Waals surface area contributed by atoms with Crippen molar-refractivity contribution in [2.75, 3.05) is 59.2 Å². The third-order valence-corrected chi connectivity index (χ3v) is 5.60. The molecule has 2 N–H and O–H groups in total. The lowest BCUT2D eigenvalue weighted by Crippen LogP contribution is -2.55. The van der Waals surface area contributed by atoms with Gasteiger partial charge in [0.05, 0.1) is 6.04 Å². The number of amides is 1. The molecule has 0 aromatic heterocycles. The Morgan fingerprint density at radius 1 is 0.920 bits per heavy atom. The number of nitrogens with zero attached hydrogens (tertiary/aromatic N) is 2. The summed E-state index contributed by atoms with van der Waals surface area (Å²) in [7, 11) is 0. The van der Waals surface area contributed by atoms with Crippen molar-refractivity contribution in [3.63, 3.8) is 0 Å². The molecule has 148 valence electrons. The normalized spacial score (nSPS) is 24.9. The SMILES string of the molecule is Cl.Cl.NC(C(=O)N1CCN(CC2CCOCC2)CC1)C1CCOCC1. The molecule has 3 heterocycles. The first-order valence-electron chi connectivity index (χ1n) is 9.16. The van der Waals surface area contributed by atoms with Gasteiger partial charge < -0.3 is 20.1 Å². The average molecular weight is 398 g/mol. The molecule has 25 heavy (non-hydrogen) atoms. The lowest BCUT2D eigenvalue weighted by molar-refractivity contribution is -0.136. The standard InChI is InChI=1S/C17H31N3O3.2ClH/c18-16(15-3-11-23-12-4-15)17(21)20-7-5-19(6-8-20)13-14-1-9-22-10-2-14;;/h14-16H,1-13,18H2;2*1H. The van der Waals surface area contributed by atoms with Gasteiger partial charge in [-0.05, 0) is 37.5 Å². The maximum Gasteiger partial charge on any atom is 0.239 e. The van der Waals surface area contributed by atoms with Crippen molar-refractivity contribution < 1.29 is 14.3 Å². The first-order chi connectivity index (χ1) is 11.2.